The van der Waals surface area contributed by atoms with Crippen LogP contribution in [0.1, 0.15) is 39.0 Å². The number of nitrogens with two attached hydrogens (primary N) is 1. The van der Waals surface area contributed by atoms with Crippen molar-refractivity contribution < 1.29 is 9.90 Å². The molecule has 2 unspecified atom stereocenters. The Morgan fingerprint density at radius 3 is 2.81 bits per heavy atom. The molecule has 1 aliphatic carbocycles. The maximum absolute atomic E-state index is 11.6. The monoisotopic (exact) mass is 228 g/mol. The highest BCUT2D eigenvalue weighted by Gasteiger charge is 2.27. The zero-order valence-electron chi connectivity index (χ0n) is 10.1. The Morgan fingerprint density at radius 1 is 1.50 bits per heavy atom. The predicted octanol–water partition coefficient (Wildman–Crippen LogP) is 0.639. The van der Waals surface area contributed by atoms with Crippen LogP contribution in [0.2, 0.25) is 0 Å². The average molecular weight is 228 g/mol. The first-order valence-electron chi connectivity index (χ1n) is 6.33. The third kappa shape index (κ3) is 3.76. The lowest BCUT2D eigenvalue weighted by molar-refractivity contribution is -0.122. The molecule has 0 aromatic heterocycles. The van der Waals surface area contributed by atoms with Crippen molar-refractivity contribution in [1.29, 1.82) is 0 Å². The third-order valence-corrected chi connectivity index (χ3v) is 3.53. The summed E-state index contributed by atoms with van der Waals surface area (Å²) in [7, 11) is 0. The smallest absolute Gasteiger partial charge is 0.236 e. The average Bonchev–Trinajstić information content (AvgIpc) is 2.73. The van der Waals surface area contributed by atoms with Crippen LogP contribution in [-0.2, 0) is 4.79 Å². The Labute approximate surface area is 97.6 Å². The summed E-state index contributed by atoms with van der Waals surface area (Å²) in [6, 6.07) is -0.376. The summed E-state index contributed by atoms with van der Waals surface area (Å²) in [6.45, 7) is 2.93. The fraction of sp³-hybridized carbons (Fsp3) is 0.917. The largest absolute Gasteiger partial charge is 0.396 e. The van der Waals surface area contributed by atoms with Crippen molar-refractivity contribution in [1.82, 2.24) is 5.32 Å². The molecule has 4 heteroatoms. The molecule has 1 aliphatic rings. The first-order valence-corrected chi connectivity index (χ1v) is 6.33. The normalized spacial score (nSPS) is 26.7. The Balaban J connectivity index is 2.25. The minimum Gasteiger partial charge on any atom is -0.396 e. The predicted molar refractivity (Wildman–Crippen MR) is 63.8 cm³/mol. The van der Waals surface area contributed by atoms with Gasteiger partial charge in [-0.1, -0.05) is 19.8 Å². The Kier molecular flexibility index (Phi) is 5.77. The quantitative estimate of drug-likeness (QED) is 0.624. The van der Waals surface area contributed by atoms with Crippen LogP contribution in [0, 0.1) is 11.8 Å². The molecule has 0 aliphatic heterocycles. The van der Waals surface area contributed by atoms with Gasteiger partial charge in [-0.25, -0.2) is 0 Å². The summed E-state index contributed by atoms with van der Waals surface area (Å²) in [5.41, 5.74) is 5.72. The van der Waals surface area contributed by atoms with E-state index in [0.29, 0.717) is 18.4 Å². The molecule has 1 amide bonds. The lowest BCUT2D eigenvalue weighted by atomic mass is 9.97. The molecule has 0 saturated heterocycles. The highest BCUT2D eigenvalue weighted by molar-refractivity contribution is 5.81. The number of hydrogen-bond donors (Lipinski definition) is 3. The van der Waals surface area contributed by atoms with Gasteiger partial charge in [0.05, 0.1) is 6.04 Å². The first-order chi connectivity index (χ1) is 7.69. The summed E-state index contributed by atoms with van der Waals surface area (Å²) in [5, 5.41) is 12.1. The second-order valence-electron chi connectivity index (χ2n) is 4.77. The Bertz CT molecular complexity index is 221. The van der Waals surface area contributed by atoms with Crippen LogP contribution in [0.25, 0.3) is 0 Å². The molecule has 4 N–H and O–H groups in total. The molecule has 0 spiro atoms. The Hall–Kier alpha value is -0.610. The van der Waals surface area contributed by atoms with Crippen molar-refractivity contribution in [3.05, 3.63) is 0 Å². The standard InChI is InChI=1S/C12H24N2O2/c1-2-4-11(13)12(16)14-7-9-5-3-6-10(9)8-15/h9-11,15H,2-8,13H2,1H3,(H,14,16)/t9?,10?,11-/m1/s1. The molecule has 1 rings (SSSR count). The SMILES string of the molecule is CCC[C@@H](N)C(=O)NCC1CCCC1CO. The van der Waals surface area contributed by atoms with Crippen LogP contribution < -0.4 is 11.1 Å². The number of carbonyl (C=O) groups excluding carboxylic acids is 1. The minimum absolute atomic E-state index is 0.0505. The van der Waals surface area contributed by atoms with Crippen LogP contribution in [0.4, 0.5) is 0 Å². The van der Waals surface area contributed by atoms with E-state index in [1.807, 2.05) is 6.92 Å². The maximum Gasteiger partial charge on any atom is 0.236 e. The van der Waals surface area contributed by atoms with Gasteiger partial charge in [0.2, 0.25) is 5.91 Å². The molecule has 0 aromatic rings. The van der Waals surface area contributed by atoms with Crippen LogP contribution in [-0.4, -0.2) is 30.2 Å². The molecule has 1 saturated carbocycles. The molecule has 0 radical (unpaired) electrons. The summed E-state index contributed by atoms with van der Waals surface area (Å²) in [4.78, 5) is 11.6. The number of aliphatic hydroxyl groups excluding tert-OH is 1. The van der Waals surface area contributed by atoms with Crippen molar-refractivity contribution in [2.24, 2.45) is 17.6 Å². The fourth-order valence-electron chi connectivity index (χ4n) is 2.43. The van der Waals surface area contributed by atoms with Gasteiger partial charge in [-0.15, -0.1) is 0 Å². The molecular weight excluding hydrogens is 204 g/mol. The summed E-state index contributed by atoms with van der Waals surface area (Å²) < 4.78 is 0. The van der Waals surface area contributed by atoms with Crippen molar-refractivity contribution >= 4 is 5.91 Å². The fourth-order valence-corrected chi connectivity index (χ4v) is 2.43. The minimum atomic E-state index is -0.376. The zero-order valence-corrected chi connectivity index (χ0v) is 10.1. The molecular formula is C12H24N2O2. The van der Waals surface area contributed by atoms with Gasteiger partial charge in [0, 0.05) is 13.2 Å². The van der Waals surface area contributed by atoms with Crippen LogP contribution in [0.3, 0.4) is 0 Å². The van der Waals surface area contributed by atoms with Gasteiger partial charge in [-0.2, -0.15) is 0 Å². The number of rotatable bonds is 6. The van der Waals surface area contributed by atoms with Gasteiger partial charge < -0.3 is 16.2 Å². The summed E-state index contributed by atoms with van der Waals surface area (Å²) in [5.74, 6) is 0.746. The topological polar surface area (TPSA) is 75.4 Å². The van der Waals surface area contributed by atoms with E-state index in [9.17, 15) is 4.79 Å². The van der Waals surface area contributed by atoms with Gasteiger partial charge >= 0.3 is 0 Å². The Morgan fingerprint density at radius 2 is 2.19 bits per heavy atom. The molecule has 4 nitrogen and oxygen atoms in total. The number of amides is 1. The van der Waals surface area contributed by atoms with E-state index in [4.69, 9.17) is 10.8 Å². The molecule has 0 aromatic carbocycles. The zero-order chi connectivity index (χ0) is 12.0. The van der Waals surface area contributed by atoms with Crippen LogP contribution in [0.5, 0.6) is 0 Å². The van der Waals surface area contributed by atoms with Gasteiger partial charge in [0.1, 0.15) is 0 Å². The van der Waals surface area contributed by atoms with Gasteiger partial charge in [-0.05, 0) is 31.1 Å². The highest BCUT2D eigenvalue weighted by Crippen LogP contribution is 2.30. The lowest BCUT2D eigenvalue weighted by Crippen LogP contribution is -2.42. The van der Waals surface area contributed by atoms with E-state index in [0.717, 1.165) is 32.1 Å². The number of hydrogen-bond acceptors (Lipinski definition) is 3. The van der Waals surface area contributed by atoms with Gasteiger partial charge in [0.25, 0.3) is 0 Å². The van der Waals surface area contributed by atoms with E-state index >= 15 is 0 Å². The molecule has 94 valence electrons. The second kappa shape index (κ2) is 6.86. The van der Waals surface area contributed by atoms with E-state index in [2.05, 4.69) is 5.32 Å². The van der Waals surface area contributed by atoms with Crippen molar-refractivity contribution in [2.75, 3.05) is 13.2 Å². The van der Waals surface area contributed by atoms with Crippen LogP contribution in [0.15, 0.2) is 0 Å². The van der Waals surface area contributed by atoms with E-state index in [-0.39, 0.29) is 18.6 Å². The highest BCUT2D eigenvalue weighted by atomic mass is 16.3. The number of aliphatic hydroxyl groups is 1. The van der Waals surface area contributed by atoms with Crippen molar-refractivity contribution in [3.8, 4) is 0 Å². The first kappa shape index (κ1) is 13.5. The molecule has 1 fully saturated rings. The summed E-state index contributed by atoms with van der Waals surface area (Å²) >= 11 is 0. The lowest BCUT2D eigenvalue weighted by Gasteiger charge is -2.19. The van der Waals surface area contributed by atoms with Crippen molar-refractivity contribution in [2.45, 2.75) is 45.1 Å². The second-order valence-corrected chi connectivity index (χ2v) is 4.77. The van der Waals surface area contributed by atoms with Crippen LogP contribution >= 0.6 is 0 Å². The number of carbonyl (C=O) groups is 1. The molecule has 0 heterocycles. The van der Waals surface area contributed by atoms with Gasteiger partial charge in [-0.3, -0.25) is 4.79 Å². The molecule has 3 atom stereocenters. The van der Waals surface area contributed by atoms with E-state index in [1.54, 1.807) is 0 Å². The third-order valence-electron chi connectivity index (χ3n) is 3.53. The molecule has 0 bridgehead atoms. The van der Waals surface area contributed by atoms with E-state index < -0.39 is 0 Å². The van der Waals surface area contributed by atoms with Crippen molar-refractivity contribution in [3.63, 3.8) is 0 Å². The molecule has 16 heavy (non-hydrogen) atoms. The maximum atomic E-state index is 11.6. The van der Waals surface area contributed by atoms with E-state index in [1.165, 1.54) is 0 Å². The van der Waals surface area contributed by atoms with Gasteiger partial charge in [0.15, 0.2) is 0 Å². The summed E-state index contributed by atoms with van der Waals surface area (Å²) in [6.07, 6.45) is 5.01. The number of nitrogens with one attached hydrogen (secondary N) is 1.